The second kappa shape index (κ2) is 4.47. The molecule has 1 aliphatic heterocycles. The molecule has 1 atom stereocenters. The fraction of sp³-hybridized carbons (Fsp3) is 0.636. The molecular weight excluding hydrogens is 254 g/mol. The van der Waals surface area contributed by atoms with Gasteiger partial charge in [-0.3, -0.25) is 0 Å². The predicted molar refractivity (Wildman–Crippen MR) is 65.1 cm³/mol. The first-order chi connectivity index (χ1) is 7.16. The van der Waals surface area contributed by atoms with Gasteiger partial charge in [-0.2, -0.15) is 0 Å². The van der Waals surface area contributed by atoms with Crippen molar-refractivity contribution in [2.24, 2.45) is 5.92 Å². The average Bonchev–Trinajstić information content (AvgIpc) is 2.22. The van der Waals surface area contributed by atoms with E-state index in [1.165, 1.54) is 12.8 Å². The number of anilines is 1. The number of halogens is 1. The van der Waals surface area contributed by atoms with Crippen LogP contribution in [-0.4, -0.2) is 23.1 Å². The summed E-state index contributed by atoms with van der Waals surface area (Å²) in [5.41, 5.74) is 0. The van der Waals surface area contributed by atoms with Crippen LogP contribution in [0.3, 0.4) is 0 Å². The lowest BCUT2D eigenvalue weighted by atomic mass is 10.0. The van der Waals surface area contributed by atoms with Crippen LogP contribution in [0.2, 0.25) is 0 Å². The van der Waals surface area contributed by atoms with Gasteiger partial charge in [-0.15, -0.1) is 0 Å². The molecule has 1 aliphatic rings. The van der Waals surface area contributed by atoms with Crippen LogP contribution in [0, 0.1) is 12.8 Å². The molecule has 1 unspecified atom stereocenters. The van der Waals surface area contributed by atoms with Crippen molar-refractivity contribution in [3.63, 3.8) is 0 Å². The normalized spacial score (nSPS) is 21.8. The van der Waals surface area contributed by atoms with Gasteiger partial charge in [0.1, 0.15) is 11.6 Å². The van der Waals surface area contributed by atoms with E-state index in [2.05, 4.69) is 37.7 Å². The highest BCUT2D eigenvalue weighted by molar-refractivity contribution is 9.10. The van der Waals surface area contributed by atoms with Crippen LogP contribution in [0.25, 0.3) is 0 Å². The van der Waals surface area contributed by atoms with Crippen LogP contribution in [-0.2, 0) is 0 Å². The van der Waals surface area contributed by atoms with Gasteiger partial charge in [0.25, 0.3) is 0 Å². The molecule has 0 radical (unpaired) electrons. The first kappa shape index (κ1) is 10.9. The third-order valence-corrected chi connectivity index (χ3v) is 3.36. The van der Waals surface area contributed by atoms with E-state index in [1.54, 1.807) is 0 Å². The summed E-state index contributed by atoms with van der Waals surface area (Å²) in [6.45, 7) is 6.45. The molecule has 2 rings (SSSR count). The van der Waals surface area contributed by atoms with Crippen molar-refractivity contribution in [1.82, 2.24) is 9.97 Å². The van der Waals surface area contributed by atoms with Crippen molar-refractivity contribution < 1.29 is 0 Å². The molecule has 0 spiro atoms. The largest absolute Gasteiger partial charge is 0.355 e. The van der Waals surface area contributed by atoms with E-state index >= 15 is 0 Å². The lowest BCUT2D eigenvalue weighted by molar-refractivity contribution is 0.444. The van der Waals surface area contributed by atoms with E-state index in [0.29, 0.717) is 0 Å². The van der Waals surface area contributed by atoms with Crippen molar-refractivity contribution in [3.8, 4) is 0 Å². The maximum Gasteiger partial charge on any atom is 0.146 e. The van der Waals surface area contributed by atoms with Gasteiger partial charge in [0, 0.05) is 19.3 Å². The van der Waals surface area contributed by atoms with Crippen LogP contribution in [0.15, 0.2) is 10.7 Å². The summed E-state index contributed by atoms with van der Waals surface area (Å²) in [6.07, 6.45) is 4.44. The first-order valence-electron chi connectivity index (χ1n) is 5.41. The number of hydrogen-bond acceptors (Lipinski definition) is 3. The van der Waals surface area contributed by atoms with Gasteiger partial charge < -0.3 is 4.90 Å². The van der Waals surface area contributed by atoms with Crippen LogP contribution < -0.4 is 4.90 Å². The van der Waals surface area contributed by atoms with Crippen LogP contribution >= 0.6 is 15.9 Å². The summed E-state index contributed by atoms with van der Waals surface area (Å²) in [6, 6.07) is 0. The Labute approximate surface area is 99.0 Å². The molecule has 1 fully saturated rings. The summed E-state index contributed by atoms with van der Waals surface area (Å²) >= 11 is 3.52. The zero-order chi connectivity index (χ0) is 10.8. The number of nitrogens with zero attached hydrogens (tertiary/aromatic N) is 3. The monoisotopic (exact) mass is 269 g/mol. The fourth-order valence-electron chi connectivity index (χ4n) is 2.05. The van der Waals surface area contributed by atoms with Gasteiger partial charge in [0.15, 0.2) is 0 Å². The minimum Gasteiger partial charge on any atom is -0.355 e. The molecule has 82 valence electrons. The molecule has 2 heterocycles. The molecule has 1 aromatic heterocycles. The maximum absolute atomic E-state index is 4.50. The molecule has 15 heavy (non-hydrogen) atoms. The SMILES string of the molecule is Cc1ncc(Br)c(N2CCCC(C)C2)n1. The van der Waals surface area contributed by atoms with Crippen LogP contribution in [0.5, 0.6) is 0 Å². The lowest BCUT2D eigenvalue weighted by Gasteiger charge is -2.32. The summed E-state index contributed by atoms with van der Waals surface area (Å²) < 4.78 is 1.00. The van der Waals surface area contributed by atoms with Gasteiger partial charge in [0.2, 0.25) is 0 Å². The van der Waals surface area contributed by atoms with E-state index in [1.807, 2.05) is 13.1 Å². The molecule has 1 saturated heterocycles. The topological polar surface area (TPSA) is 29.0 Å². The second-order valence-electron chi connectivity index (χ2n) is 4.28. The zero-order valence-electron chi connectivity index (χ0n) is 9.20. The van der Waals surface area contributed by atoms with Crippen molar-refractivity contribution >= 4 is 21.7 Å². The lowest BCUT2D eigenvalue weighted by Crippen LogP contribution is -2.35. The van der Waals surface area contributed by atoms with E-state index in [-0.39, 0.29) is 0 Å². The van der Waals surface area contributed by atoms with Gasteiger partial charge in [0.05, 0.1) is 4.47 Å². The molecule has 0 bridgehead atoms. The predicted octanol–water partition coefficient (Wildman–Crippen LogP) is 2.78. The Morgan fingerprint density at radius 1 is 1.53 bits per heavy atom. The fourth-order valence-corrected chi connectivity index (χ4v) is 2.49. The molecule has 3 nitrogen and oxygen atoms in total. The van der Waals surface area contributed by atoms with Crippen molar-refractivity contribution in [3.05, 3.63) is 16.5 Å². The molecule has 0 saturated carbocycles. The highest BCUT2D eigenvalue weighted by Crippen LogP contribution is 2.27. The summed E-state index contributed by atoms with van der Waals surface area (Å²) in [5, 5.41) is 0. The summed E-state index contributed by atoms with van der Waals surface area (Å²) in [7, 11) is 0. The molecule has 4 heteroatoms. The zero-order valence-corrected chi connectivity index (χ0v) is 10.8. The van der Waals surface area contributed by atoms with Gasteiger partial charge in [-0.1, -0.05) is 6.92 Å². The third-order valence-electron chi connectivity index (χ3n) is 2.80. The first-order valence-corrected chi connectivity index (χ1v) is 6.20. The van der Waals surface area contributed by atoms with Gasteiger partial charge in [-0.25, -0.2) is 9.97 Å². The van der Waals surface area contributed by atoms with E-state index in [4.69, 9.17) is 0 Å². The summed E-state index contributed by atoms with van der Waals surface area (Å²) in [4.78, 5) is 11.0. The number of piperidine rings is 1. The van der Waals surface area contributed by atoms with Crippen molar-refractivity contribution in [1.29, 1.82) is 0 Å². The van der Waals surface area contributed by atoms with Gasteiger partial charge in [-0.05, 0) is 41.6 Å². The number of aromatic nitrogens is 2. The molecule has 0 amide bonds. The minimum atomic E-state index is 0.765. The van der Waals surface area contributed by atoms with Crippen LogP contribution in [0.1, 0.15) is 25.6 Å². The van der Waals surface area contributed by atoms with Crippen LogP contribution in [0.4, 0.5) is 5.82 Å². The van der Waals surface area contributed by atoms with Gasteiger partial charge >= 0.3 is 0 Å². The standard InChI is InChI=1S/C11H16BrN3/c1-8-4-3-5-15(7-8)11-10(12)6-13-9(2)14-11/h6,8H,3-5,7H2,1-2H3. The highest BCUT2D eigenvalue weighted by atomic mass is 79.9. The molecule has 0 aliphatic carbocycles. The number of hydrogen-bond donors (Lipinski definition) is 0. The quantitative estimate of drug-likeness (QED) is 0.785. The number of aryl methyl sites for hydroxylation is 1. The Morgan fingerprint density at radius 3 is 3.07 bits per heavy atom. The Bertz CT molecular complexity index is 354. The maximum atomic E-state index is 4.50. The van der Waals surface area contributed by atoms with E-state index < -0.39 is 0 Å². The Balaban J connectivity index is 2.24. The molecule has 1 aromatic rings. The average molecular weight is 270 g/mol. The smallest absolute Gasteiger partial charge is 0.146 e. The molecular formula is C11H16BrN3. The molecule has 0 aromatic carbocycles. The Hall–Kier alpha value is -0.640. The van der Waals surface area contributed by atoms with Crippen molar-refractivity contribution in [2.45, 2.75) is 26.7 Å². The molecule has 0 N–H and O–H groups in total. The highest BCUT2D eigenvalue weighted by Gasteiger charge is 2.19. The number of rotatable bonds is 1. The minimum absolute atomic E-state index is 0.765. The van der Waals surface area contributed by atoms with E-state index in [0.717, 1.165) is 35.1 Å². The third kappa shape index (κ3) is 2.48. The Kier molecular flexibility index (Phi) is 3.24. The summed E-state index contributed by atoms with van der Waals surface area (Å²) in [5.74, 6) is 2.65. The Morgan fingerprint density at radius 2 is 2.33 bits per heavy atom. The van der Waals surface area contributed by atoms with Crippen molar-refractivity contribution in [2.75, 3.05) is 18.0 Å². The van der Waals surface area contributed by atoms with E-state index in [9.17, 15) is 0 Å². The second-order valence-corrected chi connectivity index (χ2v) is 5.14.